The van der Waals surface area contributed by atoms with Crippen molar-refractivity contribution in [2.45, 2.75) is 25.0 Å². The van der Waals surface area contributed by atoms with Gasteiger partial charge in [-0.25, -0.2) is 4.68 Å². The molecule has 0 saturated heterocycles. The summed E-state index contributed by atoms with van der Waals surface area (Å²) in [5, 5.41) is 26.1. The molecule has 0 unspecified atom stereocenters. The number of carbonyl (C=O) groups is 1. The summed E-state index contributed by atoms with van der Waals surface area (Å²) in [5.41, 5.74) is 0. The molecule has 0 radical (unpaired) electrons. The van der Waals surface area contributed by atoms with Crippen LogP contribution in [0.5, 0.6) is 0 Å². The first-order valence-corrected chi connectivity index (χ1v) is 6.99. The topological polar surface area (TPSA) is 109 Å². The van der Waals surface area contributed by atoms with Crippen LogP contribution in [0.3, 0.4) is 0 Å². The Kier molecular flexibility index (Phi) is 7.53. The highest BCUT2D eigenvalue weighted by atomic mass is 32.2. The van der Waals surface area contributed by atoms with Gasteiger partial charge in [-0.3, -0.25) is 4.79 Å². The normalized spacial score (nSPS) is 10.1. The van der Waals surface area contributed by atoms with Crippen molar-refractivity contribution >= 4 is 17.7 Å². The quantitative estimate of drug-likeness (QED) is 0.460. The smallest absolute Gasteiger partial charge is 0.230 e. The molecule has 1 rings (SSSR count). The number of amides is 1. The summed E-state index contributed by atoms with van der Waals surface area (Å²) in [6.07, 6.45) is 0.316. The Morgan fingerprint density at radius 2 is 2.37 bits per heavy atom. The molecule has 1 aromatic heterocycles. The molecule has 104 valence electrons. The third kappa shape index (κ3) is 6.17. The van der Waals surface area contributed by atoms with Crippen LogP contribution in [0, 0.1) is 11.3 Å². The maximum atomic E-state index is 11.5. The Balaban J connectivity index is 2.30. The van der Waals surface area contributed by atoms with Crippen LogP contribution in [0.1, 0.15) is 13.3 Å². The molecular formula is C10H17N7OS. The first-order valence-electron chi connectivity index (χ1n) is 6.01. The summed E-state index contributed by atoms with van der Waals surface area (Å²) in [6, 6.07) is 1.97. The molecule has 0 fully saturated rings. The van der Waals surface area contributed by atoms with Crippen molar-refractivity contribution < 1.29 is 4.79 Å². The molecule has 1 aromatic rings. The van der Waals surface area contributed by atoms with Crippen molar-refractivity contribution in [3.05, 3.63) is 0 Å². The summed E-state index contributed by atoms with van der Waals surface area (Å²) >= 11 is 1.28. The van der Waals surface area contributed by atoms with Gasteiger partial charge in [0.15, 0.2) is 0 Å². The fourth-order valence-electron chi connectivity index (χ4n) is 1.24. The molecular weight excluding hydrogens is 266 g/mol. The summed E-state index contributed by atoms with van der Waals surface area (Å²) in [5.74, 6) is 0.119. The van der Waals surface area contributed by atoms with Crippen LogP contribution < -0.4 is 10.6 Å². The van der Waals surface area contributed by atoms with Crippen LogP contribution in [0.4, 0.5) is 0 Å². The second-order valence-electron chi connectivity index (χ2n) is 3.58. The first kappa shape index (κ1) is 15.4. The van der Waals surface area contributed by atoms with Gasteiger partial charge < -0.3 is 10.6 Å². The van der Waals surface area contributed by atoms with E-state index in [0.717, 1.165) is 13.1 Å². The second-order valence-corrected chi connectivity index (χ2v) is 4.53. The van der Waals surface area contributed by atoms with Gasteiger partial charge in [-0.05, 0) is 17.0 Å². The lowest BCUT2D eigenvalue weighted by Crippen LogP contribution is -2.26. The number of nitrogens with one attached hydrogen (secondary N) is 2. The third-order valence-corrected chi connectivity index (χ3v) is 3.10. The number of carbonyl (C=O) groups excluding carboxylic acids is 1. The fraction of sp³-hybridized carbons (Fsp3) is 0.700. The number of nitrogens with zero attached hydrogens (tertiary/aromatic N) is 5. The second kappa shape index (κ2) is 9.29. The van der Waals surface area contributed by atoms with Gasteiger partial charge in [0.2, 0.25) is 11.1 Å². The molecule has 1 heterocycles. The zero-order valence-corrected chi connectivity index (χ0v) is 11.6. The lowest BCUT2D eigenvalue weighted by molar-refractivity contribution is -0.118. The van der Waals surface area contributed by atoms with Crippen LogP contribution in [0.15, 0.2) is 5.16 Å². The average molecular weight is 283 g/mol. The minimum absolute atomic E-state index is 0.124. The van der Waals surface area contributed by atoms with Crippen molar-refractivity contribution in [1.82, 2.24) is 30.8 Å². The minimum Gasteiger partial charge on any atom is -0.354 e. The lowest BCUT2D eigenvalue weighted by Gasteiger charge is -2.05. The van der Waals surface area contributed by atoms with Crippen molar-refractivity contribution in [1.29, 1.82) is 5.26 Å². The summed E-state index contributed by atoms with van der Waals surface area (Å²) < 4.78 is 1.66. The number of rotatable bonds is 9. The monoisotopic (exact) mass is 283 g/mol. The van der Waals surface area contributed by atoms with E-state index in [1.807, 2.05) is 13.0 Å². The fourth-order valence-corrected chi connectivity index (χ4v) is 1.97. The van der Waals surface area contributed by atoms with E-state index in [1.165, 1.54) is 11.8 Å². The third-order valence-electron chi connectivity index (χ3n) is 2.14. The predicted molar refractivity (Wildman–Crippen MR) is 70.3 cm³/mol. The van der Waals surface area contributed by atoms with Gasteiger partial charge in [0.25, 0.3) is 0 Å². The zero-order valence-electron chi connectivity index (χ0n) is 10.8. The van der Waals surface area contributed by atoms with Crippen molar-refractivity contribution in [3.63, 3.8) is 0 Å². The molecule has 0 saturated carbocycles. The van der Waals surface area contributed by atoms with Gasteiger partial charge in [-0.2, -0.15) is 5.26 Å². The van der Waals surface area contributed by atoms with E-state index in [1.54, 1.807) is 4.68 Å². The van der Waals surface area contributed by atoms with Crippen molar-refractivity contribution in [2.24, 2.45) is 0 Å². The van der Waals surface area contributed by atoms with Crippen LogP contribution in [0.25, 0.3) is 0 Å². The number of thioether (sulfide) groups is 1. The van der Waals surface area contributed by atoms with Crippen LogP contribution in [0.2, 0.25) is 0 Å². The highest BCUT2D eigenvalue weighted by Crippen LogP contribution is 2.12. The van der Waals surface area contributed by atoms with Gasteiger partial charge in [0.1, 0.15) is 0 Å². The Morgan fingerprint density at radius 1 is 1.53 bits per heavy atom. The number of aromatic nitrogens is 4. The van der Waals surface area contributed by atoms with Gasteiger partial charge in [-0.1, -0.05) is 18.7 Å². The number of hydrogen-bond acceptors (Lipinski definition) is 7. The van der Waals surface area contributed by atoms with Gasteiger partial charge >= 0.3 is 0 Å². The molecule has 0 aliphatic carbocycles. The SMILES string of the molecule is CCNCCn1nnnc1SCC(=O)NCCC#N. The van der Waals surface area contributed by atoms with Gasteiger partial charge in [-0.15, -0.1) is 5.10 Å². The molecule has 8 nitrogen and oxygen atoms in total. The predicted octanol–water partition coefficient (Wildman–Crippen LogP) is -0.595. The van der Waals surface area contributed by atoms with E-state index in [2.05, 4.69) is 26.2 Å². The van der Waals surface area contributed by atoms with Crippen LogP contribution in [-0.4, -0.2) is 51.5 Å². The van der Waals surface area contributed by atoms with Crippen LogP contribution >= 0.6 is 11.8 Å². The standard InChI is InChI=1S/C10H17N7OS/c1-2-12-6-7-17-10(14-15-16-17)19-8-9(18)13-5-3-4-11/h12H,2-3,5-8H2,1H3,(H,13,18). The maximum absolute atomic E-state index is 11.5. The Bertz CT molecular complexity index is 428. The number of likely N-dealkylation sites (N-methyl/N-ethyl adjacent to an activating group) is 1. The Hall–Kier alpha value is -1.66. The molecule has 0 spiro atoms. The molecule has 2 N–H and O–H groups in total. The lowest BCUT2D eigenvalue weighted by atomic mass is 10.4. The first-order chi connectivity index (χ1) is 9.27. The van der Waals surface area contributed by atoms with E-state index < -0.39 is 0 Å². The molecule has 1 amide bonds. The van der Waals surface area contributed by atoms with E-state index in [0.29, 0.717) is 24.7 Å². The summed E-state index contributed by atoms with van der Waals surface area (Å²) in [6.45, 7) is 4.75. The highest BCUT2D eigenvalue weighted by molar-refractivity contribution is 7.99. The van der Waals surface area contributed by atoms with E-state index >= 15 is 0 Å². The zero-order chi connectivity index (χ0) is 13.9. The van der Waals surface area contributed by atoms with Crippen LogP contribution in [-0.2, 0) is 11.3 Å². The number of nitriles is 1. The van der Waals surface area contributed by atoms with E-state index in [9.17, 15) is 4.79 Å². The summed E-state index contributed by atoms with van der Waals surface area (Å²) in [4.78, 5) is 11.5. The molecule has 0 bridgehead atoms. The molecule has 0 aliphatic heterocycles. The van der Waals surface area contributed by atoms with Gasteiger partial charge in [0.05, 0.1) is 24.8 Å². The Labute approximate surface area is 115 Å². The molecule has 0 atom stereocenters. The molecule has 9 heteroatoms. The van der Waals surface area contributed by atoms with Crippen molar-refractivity contribution in [2.75, 3.05) is 25.4 Å². The average Bonchev–Trinajstić information content (AvgIpc) is 2.85. The molecule has 0 aromatic carbocycles. The molecule has 0 aliphatic rings. The maximum Gasteiger partial charge on any atom is 0.230 e. The molecule has 19 heavy (non-hydrogen) atoms. The van der Waals surface area contributed by atoms with E-state index in [-0.39, 0.29) is 11.7 Å². The number of tetrazole rings is 1. The Morgan fingerprint density at radius 3 is 3.11 bits per heavy atom. The van der Waals surface area contributed by atoms with Gasteiger partial charge in [0, 0.05) is 13.1 Å². The van der Waals surface area contributed by atoms with Crippen molar-refractivity contribution in [3.8, 4) is 6.07 Å². The number of hydrogen-bond donors (Lipinski definition) is 2. The van der Waals surface area contributed by atoms with E-state index in [4.69, 9.17) is 5.26 Å². The summed E-state index contributed by atoms with van der Waals surface area (Å²) in [7, 11) is 0. The minimum atomic E-state index is -0.124. The highest BCUT2D eigenvalue weighted by Gasteiger charge is 2.09. The largest absolute Gasteiger partial charge is 0.354 e.